The van der Waals surface area contributed by atoms with Crippen LogP contribution in [0.15, 0.2) is 0 Å². The summed E-state index contributed by atoms with van der Waals surface area (Å²) in [6.45, 7) is 13.7. The van der Waals surface area contributed by atoms with Crippen LogP contribution in [0, 0.1) is 23.7 Å². The van der Waals surface area contributed by atoms with E-state index in [-0.39, 0.29) is 23.5 Å². The van der Waals surface area contributed by atoms with Crippen molar-refractivity contribution in [3.63, 3.8) is 0 Å². The second kappa shape index (κ2) is 7.76. The third-order valence-electron chi connectivity index (χ3n) is 6.56. The number of carbonyl (C=O) groups is 1. The smallest absolute Gasteiger partial charge is 0.311 e. The number of hydrogen-bond acceptors (Lipinski definition) is 5. The van der Waals surface area contributed by atoms with Crippen molar-refractivity contribution < 1.29 is 24.5 Å². The Morgan fingerprint density at radius 1 is 1.19 bits per heavy atom. The van der Waals surface area contributed by atoms with E-state index in [2.05, 4.69) is 13.8 Å². The van der Waals surface area contributed by atoms with Crippen molar-refractivity contribution in [3.05, 3.63) is 0 Å². The first-order chi connectivity index (χ1) is 11.9. The van der Waals surface area contributed by atoms with Crippen LogP contribution in [-0.4, -0.2) is 45.7 Å². The number of rotatable bonds is 3. The summed E-state index contributed by atoms with van der Waals surface area (Å²) in [6, 6.07) is 0. The normalized spacial score (nSPS) is 47.0. The van der Waals surface area contributed by atoms with Gasteiger partial charge in [-0.1, -0.05) is 34.1 Å². The molecule has 2 rings (SSSR count). The molecule has 152 valence electrons. The minimum absolute atomic E-state index is 0.0727. The molecule has 5 nitrogen and oxygen atoms in total. The van der Waals surface area contributed by atoms with Crippen molar-refractivity contribution in [2.24, 2.45) is 23.7 Å². The van der Waals surface area contributed by atoms with E-state index in [1.807, 2.05) is 20.8 Å². The lowest BCUT2D eigenvalue weighted by atomic mass is 9.77. The quantitative estimate of drug-likeness (QED) is 0.746. The van der Waals surface area contributed by atoms with E-state index >= 15 is 0 Å². The molecule has 2 bridgehead atoms. The molecule has 0 radical (unpaired) electrons. The summed E-state index contributed by atoms with van der Waals surface area (Å²) in [6.07, 6.45) is 1.41. The van der Waals surface area contributed by atoms with Crippen LogP contribution in [0.2, 0.25) is 0 Å². The molecule has 0 aliphatic carbocycles. The topological polar surface area (TPSA) is 76.0 Å². The number of esters is 1. The van der Waals surface area contributed by atoms with Crippen LogP contribution in [-0.2, 0) is 14.3 Å². The molecule has 2 unspecified atom stereocenters. The van der Waals surface area contributed by atoms with Crippen LogP contribution in [0.1, 0.15) is 74.1 Å². The number of cyclic esters (lactones) is 1. The number of fused-ring (bicyclic) bond motifs is 2. The fourth-order valence-electron chi connectivity index (χ4n) is 5.33. The molecule has 26 heavy (non-hydrogen) atoms. The van der Waals surface area contributed by atoms with Gasteiger partial charge in [-0.3, -0.25) is 4.79 Å². The summed E-state index contributed by atoms with van der Waals surface area (Å²) in [7, 11) is 0. The van der Waals surface area contributed by atoms with E-state index in [0.717, 1.165) is 12.8 Å². The van der Waals surface area contributed by atoms with Crippen molar-refractivity contribution in [3.8, 4) is 0 Å². The predicted octanol–water partition coefficient (Wildman–Crippen LogP) is 3.31. The number of aliphatic hydroxyl groups is 2. The molecule has 2 N–H and O–H groups in total. The standard InChI is InChI=1S/C21H38O5/c1-8-9-21(7,24)18-15(5)17-13(3)11-20(6,26-17)10-12(2)16(22)14(4)19(23)25-18/h12-18,22,24H,8-11H2,1-7H3/t12-,13?,14-,15+,16-,17?,18-,20+,21-/m1/s1. The molecule has 2 aliphatic rings. The summed E-state index contributed by atoms with van der Waals surface area (Å²) >= 11 is 0. The van der Waals surface area contributed by atoms with Gasteiger partial charge < -0.3 is 19.7 Å². The van der Waals surface area contributed by atoms with E-state index in [0.29, 0.717) is 18.8 Å². The van der Waals surface area contributed by atoms with Gasteiger partial charge in [-0.05, 0) is 51.9 Å². The van der Waals surface area contributed by atoms with E-state index < -0.39 is 29.7 Å². The molecule has 0 spiro atoms. The lowest BCUT2D eigenvalue weighted by molar-refractivity contribution is -0.186. The maximum Gasteiger partial charge on any atom is 0.311 e. The van der Waals surface area contributed by atoms with E-state index in [1.54, 1.807) is 13.8 Å². The molecule has 2 heterocycles. The second-order valence-electron chi connectivity index (χ2n) is 9.50. The average molecular weight is 371 g/mol. The van der Waals surface area contributed by atoms with Crippen molar-refractivity contribution in [1.82, 2.24) is 0 Å². The van der Waals surface area contributed by atoms with Gasteiger partial charge in [0.2, 0.25) is 0 Å². The summed E-state index contributed by atoms with van der Waals surface area (Å²) < 4.78 is 12.3. The van der Waals surface area contributed by atoms with E-state index in [9.17, 15) is 15.0 Å². The average Bonchev–Trinajstić information content (AvgIpc) is 2.83. The van der Waals surface area contributed by atoms with Gasteiger partial charge in [0.15, 0.2) is 0 Å². The monoisotopic (exact) mass is 370 g/mol. The summed E-state index contributed by atoms with van der Waals surface area (Å²) in [4.78, 5) is 12.7. The highest BCUT2D eigenvalue weighted by molar-refractivity contribution is 5.73. The zero-order chi connectivity index (χ0) is 19.9. The third kappa shape index (κ3) is 4.26. The van der Waals surface area contributed by atoms with Gasteiger partial charge in [0, 0.05) is 5.92 Å². The minimum atomic E-state index is -1.13. The van der Waals surface area contributed by atoms with Crippen molar-refractivity contribution in [2.75, 3.05) is 0 Å². The number of hydrogen-bond donors (Lipinski definition) is 2. The molecular formula is C21H38O5. The highest BCUT2D eigenvalue weighted by Crippen LogP contribution is 2.45. The Hall–Kier alpha value is -0.650. The molecule has 0 saturated carbocycles. The Labute approximate surface area is 158 Å². The minimum Gasteiger partial charge on any atom is -0.459 e. The SMILES string of the molecule is CCC[C@@](C)(O)[C@@H]1OC(=O)[C@H](C)[C@H](O)[C@H](C)C[C@@]2(C)CC(C)C(O2)[C@@H]1C. The maximum absolute atomic E-state index is 12.7. The van der Waals surface area contributed by atoms with Gasteiger partial charge in [-0.25, -0.2) is 0 Å². The highest BCUT2D eigenvalue weighted by Gasteiger charge is 2.51. The van der Waals surface area contributed by atoms with Gasteiger partial charge in [0.1, 0.15) is 6.10 Å². The second-order valence-corrected chi connectivity index (χ2v) is 9.50. The third-order valence-corrected chi connectivity index (χ3v) is 6.56. The molecule has 2 fully saturated rings. The first kappa shape index (κ1) is 21.6. The lowest BCUT2D eigenvalue weighted by Gasteiger charge is -2.40. The Balaban J connectivity index is 2.43. The van der Waals surface area contributed by atoms with E-state index in [1.165, 1.54) is 0 Å². The Kier molecular flexibility index (Phi) is 6.46. The Morgan fingerprint density at radius 2 is 1.77 bits per heavy atom. The van der Waals surface area contributed by atoms with Gasteiger partial charge in [-0.2, -0.15) is 0 Å². The molecule has 9 atom stereocenters. The van der Waals surface area contributed by atoms with Crippen LogP contribution in [0.4, 0.5) is 0 Å². The fraction of sp³-hybridized carbons (Fsp3) is 0.952. The van der Waals surface area contributed by atoms with Gasteiger partial charge in [0.05, 0.1) is 29.3 Å². The van der Waals surface area contributed by atoms with Gasteiger partial charge in [0.25, 0.3) is 0 Å². The largest absolute Gasteiger partial charge is 0.459 e. The summed E-state index contributed by atoms with van der Waals surface area (Å²) in [5, 5.41) is 21.7. The first-order valence-corrected chi connectivity index (χ1v) is 10.2. The molecule has 2 saturated heterocycles. The molecule has 0 aromatic heterocycles. The van der Waals surface area contributed by atoms with Crippen LogP contribution >= 0.6 is 0 Å². The molecule has 0 amide bonds. The zero-order valence-corrected chi connectivity index (χ0v) is 17.5. The van der Waals surface area contributed by atoms with Crippen LogP contribution in [0.25, 0.3) is 0 Å². The maximum atomic E-state index is 12.7. The molecule has 0 aromatic carbocycles. The van der Waals surface area contributed by atoms with Crippen molar-refractivity contribution >= 4 is 5.97 Å². The number of ether oxygens (including phenoxy) is 2. The number of aliphatic hydroxyl groups excluding tert-OH is 1. The first-order valence-electron chi connectivity index (χ1n) is 10.2. The molecule has 2 aliphatic heterocycles. The van der Waals surface area contributed by atoms with Crippen LogP contribution in [0.5, 0.6) is 0 Å². The van der Waals surface area contributed by atoms with Gasteiger partial charge in [-0.15, -0.1) is 0 Å². The summed E-state index contributed by atoms with van der Waals surface area (Å²) in [5.74, 6) is -0.968. The predicted molar refractivity (Wildman–Crippen MR) is 101 cm³/mol. The molecule has 5 heteroatoms. The fourth-order valence-corrected chi connectivity index (χ4v) is 5.33. The van der Waals surface area contributed by atoms with Crippen molar-refractivity contribution in [2.45, 2.75) is 104 Å². The number of carbonyl (C=O) groups excluding carboxylic acids is 1. The summed E-state index contributed by atoms with van der Waals surface area (Å²) in [5.41, 5.74) is -1.46. The van der Waals surface area contributed by atoms with E-state index in [4.69, 9.17) is 9.47 Å². The molecular weight excluding hydrogens is 332 g/mol. The zero-order valence-electron chi connectivity index (χ0n) is 17.5. The Morgan fingerprint density at radius 3 is 2.35 bits per heavy atom. The van der Waals surface area contributed by atoms with Crippen LogP contribution in [0.3, 0.4) is 0 Å². The Bertz CT molecular complexity index is 505. The molecule has 0 aromatic rings. The lowest BCUT2D eigenvalue weighted by Crippen LogP contribution is -2.51. The highest BCUT2D eigenvalue weighted by atomic mass is 16.6. The van der Waals surface area contributed by atoms with Crippen molar-refractivity contribution in [1.29, 1.82) is 0 Å². The van der Waals surface area contributed by atoms with Gasteiger partial charge >= 0.3 is 5.97 Å². The van der Waals surface area contributed by atoms with Crippen LogP contribution < -0.4 is 0 Å².